The van der Waals surface area contributed by atoms with Gasteiger partial charge in [0.2, 0.25) is 11.0 Å². The molecule has 0 aliphatic carbocycles. The highest BCUT2D eigenvalue weighted by Crippen LogP contribution is 2.18. The van der Waals surface area contributed by atoms with Gasteiger partial charge in [-0.1, -0.05) is 74.3 Å². The van der Waals surface area contributed by atoms with Crippen LogP contribution in [0.4, 0.5) is 5.13 Å². The van der Waals surface area contributed by atoms with E-state index in [9.17, 15) is 4.79 Å². The predicted molar refractivity (Wildman–Crippen MR) is 91.1 cm³/mol. The number of nitrogens with one attached hydrogen (secondary N) is 1. The van der Waals surface area contributed by atoms with E-state index in [2.05, 4.69) is 22.4 Å². The predicted octanol–water partition coefficient (Wildman–Crippen LogP) is 4.23. The molecule has 0 saturated heterocycles. The molecule has 0 spiro atoms. The maximum atomic E-state index is 12.0. The summed E-state index contributed by atoms with van der Waals surface area (Å²) < 4.78 is 0. The Morgan fingerprint density at radius 3 is 2.64 bits per heavy atom. The lowest BCUT2D eigenvalue weighted by molar-refractivity contribution is -0.115. The lowest BCUT2D eigenvalue weighted by atomic mass is 10.1. The Kier molecular flexibility index (Phi) is 7.03. The normalized spacial score (nSPS) is 10.6. The van der Waals surface area contributed by atoms with E-state index >= 15 is 0 Å². The van der Waals surface area contributed by atoms with Gasteiger partial charge < -0.3 is 5.32 Å². The third-order valence-electron chi connectivity index (χ3n) is 3.41. The van der Waals surface area contributed by atoms with Gasteiger partial charge in [-0.2, -0.15) is 0 Å². The van der Waals surface area contributed by atoms with Crippen molar-refractivity contribution in [3.05, 3.63) is 40.9 Å². The minimum atomic E-state index is -0.0446. The Labute approximate surface area is 136 Å². The molecule has 0 saturated carbocycles. The molecule has 118 valence electrons. The van der Waals surface area contributed by atoms with E-state index in [1.54, 1.807) is 0 Å². The monoisotopic (exact) mass is 317 g/mol. The molecular formula is C17H23N3OS. The molecule has 1 heterocycles. The van der Waals surface area contributed by atoms with Gasteiger partial charge in [0.25, 0.3) is 0 Å². The second kappa shape index (κ2) is 9.30. The van der Waals surface area contributed by atoms with Crippen molar-refractivity contribution in [2.75, 3.05) is 5.32 Å². The van der Waals surface area contributed by atoms with E-state index in [0.29, 0.717) is 11.6 Å². The van der Waals surface area contributed by atoms with Gasteiger partial charge >= 0.3 is 0 Å². The third-order valence-corrected chi connectivity index (χ3v) is 4.31. The molecule has 0 bridgehead atoms. The first-order chi connectivity index (χ1) is 10.8. The summed E-state index contributed by atoms with van der Waals surface area (Å²) in [5.74, 6) is -0.0446. The standard InChI is InChI=1S/C17H23N3OS/c1-2-3-4-5-9-12-16-19-20-17(22-16)18-15(21)13-14-10-7-6-8-11-14/h6-8,10-11H,2-5,9,12-13H2,1H3,(H,18,20,21). The van der Waals surface area contributed by atoms with E-state index in [0.717, 1.165) is 23.4 Å². The molecule has 0 fully saturated rings. The second-order valence-corrected chi connectivity index (χ2v) is 6.44. The molecule has 1 N–H and O–H groups in total. The number of unbranched alkanes of at least 4 members (excludes halogenated alkanes) is 4. The zero-order valence-corrected chi connectivity index (χ0v) is 13.9. The number of anilines is 1. The Bertz CT molecular complexity index is 568. The van der Waals surface area contributed by atoms with Crippen molar-refractivity contribution in [2.24, 2.45) is 0 Å². The van der Waals surface area contributed by atoms with E-state index in [1.807, 2.05) is 30.3 Å². The van der Waals surface area contributed by atoms with Gasteiger partial charge in [0, 0.05) is 6.42 Å². The van der Waals surface area contributed by atoms with Crippen molar-refractivity contribution in [3.63, 3.8) is 0 Å². The van der Waals surface area contributed by atoms with Crippen LogP contribution in [-0.2, 0) is 17.6 Å². The molecule has 0 aliphatic rings. The molecule has 1 aromatic heterocycles. The van der Waals surface area contributed by atoms with Gasteiger partial charge in [0.05, 0.1) is 6.42 Å². The van der Waals surface area contributed by atoms with Crippen LogP contribution in [-0.4, -0.2) is 16.1 Å². The second-order valence-electron chi connectivity index (χ2n) is 5.38. The number of hydrogen-bond acceptors (Lipinski definition) is 4. The van der Waals surface area contributed by atoms with Crippen LogP contribution in [0.25, 0.3) is 0 Å². The molecule has 0 aliphatic heterocycles. The van der Waals surface area contributed by atoms with E-state index in [1.165, 1.54) is 37.0 Å². The fraction of sp³-hybridized carbons (Fsp3) is 0.471. The smallest absolute Gasteiger partial charge is 0.230 e. The van der Waals surface area contributed by atoms with Crippen LogP contribution < -0.4 is 5.32 Å². The molecule has 4 nitrogen and oxygen atoms in total. The molecule has 0 radical (unpaired) electrons. The summed E-state index contributed by atoms with van der Waals surface area (Å²) >= 11 is 1.48. The number of carbonyl (C=O) groups is 1. The van der Waals surface area contributed by atoms with E-state index in [4.69, 9.17) is 0 Å². The number of carbonyl (C=O) groups excluding carboxylic acids is 1. The largest absolute Gasteiger partial charge is 0.300 e. The summed E-state index contributed by atoms with van der Waals surface area (Å²) in [7, 11) is 0. The lowest BCUT2D eigenvalue weighted by Gasteiger charge is -2.00. The number of aryl methyl sites for hydroxylation is 1. The first-order valence-corrected chi connectivity index (χ1v) is 8.75. The van der Waals surface area contributed by atoms with Crippen molar-refractivity contribution in [2.45, 2.75) is 51.9 Å². The number of aromatic nitrogens is 2. The summed E-state index contributed by atoms with van der Waals surface area (Å²) in [5.41, 5.74) is 1.00. The van der Waals surface area contributed by atoms with E-state index < -0.39 is 0 Å². The van der Waals surface area contributed by atoms with Gasteiger partial charge in [-0.25, -0.2) is 0 Å². The van der Waals surface area contributed by atoms with E-state index in [-0.39, 0.29) is 5.91 Å². The Hall–Kier alpha value is -1.75. The fourth-order valence-corrected chi connectivity index (χ4v) is 3.03. The van der Waals surface area contributed by atoms with Crippen LogP contribution >= 0.6 is 11.3 Å². The minimum Gasteiger partial charge on any atom is -0.300 e. The molecule has 0 atom stereocenters. The number of hydrogen-bond donors (Lipinski definition) is 1. The van der Waals surface area contributed by atoms with Crippen LogP contribution in [0.15, 0.2) is 30.3 Å². The number of amides is 1. The van der Waals surface area contributed by atoms with Crippen LogP contribution in [0.2, 0.25) is 0 Å². The van der Waals surface area contributed by atoms with Gasteiger partial charge in [-0.05, 0) is 12.0 Å². The Balaban J connectivity index is 1.73. The summed E-state index contributed by atoms with van der Waals surface area (Å²) in [4.78, 5) is 12.0. The molecule has 22 heavy (non-hydrogen) atoms. The van der Waals surface area contributed by atoms with Crippen molar-refractivity contribution < 1.29 is 4.79 Å². The molecule has 2 aromatic rings. The molecule has 2 rings (SSSR count). The minimum absolute atomic E-state index is 0.0446. The van der Waals surface area contributed by atoms with Crippen molar-refractivity contribution in [1.29, 1.82) is 0 Å². The Morgan fingerprint density at radius 2 is 1.86 bits per heavy atom. The van der Waals surface area contributed by atoms with Gasteiger partial charge in [0.15, 0.2) is 0 Å². The molecule has 0 unspecified atom stereocenters. The number of rotatable bonds is 9. The van der Waals surface area contributed by atoms with Crippen LogP contribution in [0.1, 0.15) is 49.6 Å². The van der Waals surface area contributed by atoms with Crippen LogP contribution in [0.5, 0.6) is 0 Å². The number of benzene rings is 1. The highest BCUT2D eigenvalue weighted by molar-refractivity contribution is 7.15. The summed E-state index contributed by atoms with van der Waals surface area (Å²) in [6, 6.07) is 9.70. The van der Waals surface area contributed by atoms with Crippen LogP contribution in [0.3, 0.4) is 0 Å². The first-order valence-electron chi connectivity index (χ1n) is 7.94. The Morgan fingerprint density at radius 1 is 1.09 bits per heavy atom. The first kappa shape index (κ1) is 16.6. The summed E-state index contributed by atoms with van der Waals surface area (Å²) in [5, 5.41) is 12.6. The van der Waals surface area contributed by atoms with Crippen molar-refractivity contribution in [3.8, 4) is 0 Å². The molecular weight excluding hydrogens is 294 g/mol. The fourth-order valence-electron chi connectivity index (χ4n) is 2.23. The summed E-state index contributed by atoms with van der Waals surface area (Å²) in [6.07, 6.45) is 7.56. The van der Waals surface area contributed by atoms with Crippen LogP contribution in [0, 0.1) is 0 Å². The molecule has 5 heteroatoms. The number of nitrogens with zero attached hydrogens (tertiary/aromatic N) is 2. The van der Waals surface area contributed by atoms with Gasteiger partial charge in [0.1, 0.15) is 5.01 Å². The topological polar surface area (TPSA) is 54.9 Å². The highest BCUT2D eigenvalue weighted by Gasteiger charge is 2.08. The van der Waals surface area contributed by atoms with Gasteiger partial charge in [-0.3, -0.25) is 4.79 Å². The van der Waals surface area contributed by atoms with Crippen molar-refractivity contribution in [1.82, 2.24) is 10.2 Å². The highest BCUT2D eigenvalue weighted by atomic mass is 32.1. The average molecular weight is 317 g/mol. The lowest BCUT2D eigenvalue weighted by Crippen LogP contribution is -2.14. The molecule has 1 amide bonds. The summed E-state index contributed by atoms with van der Waals surface area (Å²) in [6.45, 7) is 2.22. The quantitative estimate of drug-likeness (QED) is 0.704. The van der Waals surface area contributed by atoms with Crippen molar-refractivity contribution >= 4 is 22.4 Å². The molecule has 1 aromatic carbocycles. The SMILES string of the molecule is CCCCCCCc1nnc(NC(=O)Cc2ccccc2)s1. The van der Waals surface area contributed by atoms with Gasteiger partial charge in [-0.15, -0.1) is 10.2 Å². The maximum Gasteiger partial charge on any atom is 0.230 e. The zero-order chi connectivity index (χ0) is 15.6. The zero-order valence-electron chi connectivity index (χ0n) is 13.0. The average Bonchev–Trinajstić information content (AvgIpc) is 2.95. The maximum absolute atomic E-state index is 12.0. The third kappa shape index (κ3) is 5.93.